The third-order valence-corrected chi connectivity index (χ3v) is 4.89. The minimum absolute atomic E-state index is 0.345. The van der Waals surface area contributed by atoms with E-state index in [0.29, 0.717) is 5.58 Å². The summed E-state index contributed by atoms with van der Waals surface area (Å²) < 4.78 is 16.0. The lowest BCUT2D eigenvalue weighted by Crippen LogP contribution is -1.98. The maximum atomic E-state index is 11.9. The van der Waals surface area contributed by atoms with E-state index >= 15 is 0 Å². The van der Waals surface area contributed by atoms with Gasteiger partial charge in [0.05, 0.1) is 14.2 Å². The molecule has 4 heteroatoms. The lowest BCUT2D eigenvalue weighted by atomic mass is 9.92. The monoisotopic (exact) mass is 372 g/mol. The molecule has 0 aliphatic heterocycles. The molecule has 0 unspecified atom stereocenters. The van der Waals surface area contributed by atoms with Crippen LogP contribution in [0.1, 0.15) is 5.56 Å². The molecule has 0 N–H and O–H groups in total. The van der Waals surface area contributed by atoms with Gasteiger partial charge in [0, 0.05) is 11.5 Å². The van der Waals surface area contributed by atoms with Crippen molar-refractivity contribution >= 4 is 11.0 Å². The number of rotatable bonds is 4. The highest BCUT2D eigenvalue weighted by Crippen LogP contribution is 2.37. The maximum Gasteiger partial charge on any atom is 0.336 e. The minimum atomic E-state index is -0.345. The first-order valence-electron chi connectivity index (χ1n) is 8.96. The van der Waals surface area contributed by atoms with Crippen molar-refractivity contribution in [3.05, 3.63) is 82.7 Å². The van der Waals surface area contributed by atoms with Crippen LogP contribution >= 0.6 is 0 Å². The average Bonchev–Trinajstić information content (AvgIpc) is 2.73. The molecule has 4 rings (SSSR count). The molecule has 28 heavy (non-hydrogen) atoms. The molecule has 1 aromatic heterocycles. The van der Waals surface area contributed by atoms with E-state index in [1.807, 2.05) is 61.5 Å². The van der Waals surface area contributed by atoms with Gasteiger partial charge in [-0.2, -0.15) is 0 Å². The van der Waals surface area contributed by atoms with Gasteiger partial charge in [-0.15, -0.1) is 0 Å². The summed E-state index contributed by atoms with van der Waals surface area (Å²) in [6, 6.07) is 21.3. The smallest absolute Gasteiger partial charge is 0.336 e. The lowest BCUT2D eigenvalue weighted by molar-refractivity contribution is 0.414. The molecule has 0 saturated heterocycles. The molecule has 0 radical (unpaired) electrons. The van der Waals surface area contributed by atoms with Crippen molar-refractivity contribution in [2.75, 3.05) is 14.2 Å². The van der Waals surface area contributed by atoms with Gasteiger partial charge in [0.25, 0.3) is 0 Å². The maximum absolute atomic E-state index is 11.9. The summed E-state index contributed by atoms with van der Waals surface area (Å²) in [6.45, 7) is 1.92. The van der Waals surface area contributed by atoms with Gasteiger partial charge < -0.3 is 13.9 Å². The fourth-order valence-corrected chi connectivity index (χ4v) is 3.38. The Hall–Kier alpha value is -3.53. The third-order valence-electron chi connectivity index (χ3n) is 4.89. The van der Waals surface area contributed by atoms with Crippen molar-refractivity contribution in [1.82, 2.24) is 0 Å². The van der Waals surface area contributed by atoms with Crippen LogP contribution in [0, 0.1) is 6.92 Å². The van der Waals surface area contributed by atoms with E-state index in [0.717, 1.165) is 44.7 Å². The van der Waals surface area contributed by atoms with Gasteiger partial charge in [0.2, 0.25) is 0 Å². The number of hydrogen-bond acceptors (Lipinski definition) is 4. The Bertz CT molecular complexity index is 1190. The number of fused-ring (bicyclic) bond motifs is 1. The predicted octanol–water partition coefficient (Wildman–Crippen LogP) is 5.45. The first kappa shape index (κ1) is 17.9. The molecule has 1 heterocycles. The fraction of sp³-hybridized carbons (Fsp3) is 0.125. The predicted molar refractivity (Wildman–Crippen MR) is 111 cm³/mol. The Morgan fingerprint density at radius 1 is 0.714 bits per heavy atom. The Kier molecular flexibility index (Phi) is 4.62. The van der Waals surface area contributed by atoms with Crippen molar-refractivity contribution in [1.29, 1.82) is 0 Å². The number of aryl methyl sites for hydroxylation is 1. The van der Waals surface area contributed by atoms with E-state index in [2.05, 4.69) is 6.07 Å². The van der Waals surface area contributed by atoms with Crippen LogP contribution in [0.25, 0.3) is 33.2 Å². The molecule has 3 aromatic carbocycles. The number of ether oxygens (including phenoxy) is 2. The van der Waals surface area contributed by atoms with E-state index < -0.39 is 0 Å². The van der Waals surface area contributed by atoms with Crippen molar-refractivity contribution in [2.45, 2.75) is 6.92 Å². The molecule has 4 nitrogen and oxygen atoms in total. The summed E-state index contributed by atoms with van der Waals surface area (Å²) in [6.07, 6.45) is 0. The number of methoxy groups -OCH3 is 2. The molecule has 0 fully saturated rings. The van der Waals surface area contributed by atoms with E-state index in [-0.39, 0.29) is 5.63 Å². The summed E-state index contributed by atoms with van der Waals surface area (Å²) in [4.78, 5) is 11.9. The van der Waals surface area contributed by atoms with Gasteiger partial charge in [-0.3, -0.25) is 0 Å². The number of hydrogen-bond donors (Lipinski definition) is 0. The van der Waals surface area contributed by atoms with E-state index in [1.165, 1.54) is 6.07 Å². The lowest BCUT2D eigenvalue weighted by Gasteiger charge is -2.14. The zero-order chi connectivity index (χ0) is 19.7. The largest absolute Gasteiger partial charge is 0.497 e. The van der Waals surface area contributed by atoms with Crippen LogP contribution < -0.4 is 15.1 Å². The van der Waals surface area contributed by atoms with Gasteiger partial charge in [0.1, 0.15) is 17.1 Å². The second kappa shape index (κ2) is 7.24. The summed E-state index contributed by atoms with van der Waals surface area (Å²) >= 11 is 0. The van der Waals surface area contributed by atoms with Crippen molar-refractivity contribution in [3.63, 3.8) is 0 Å². The van der Waals surface area contributed by atoms with Crippen LogP contribution in [0.5, 0.6) is 11.5 Å². The van der Waals surface area contributed by atoms with Gasteiger partial charge in [-0.05, 0) is 71.1 Å². The molecule has 0 aliphatic rings. The second-order valence-electron chi connectivity index (χ2n) is 6.60. The molecule has 0 spiro atoms. The van der Waals surface area contributed by atoms with Crippen molar-refractivity contribution < 1.29 is 13.9 Å². The van der Waals surface area contributed by atoms with Crippen LogP contribution in [0.2, 0.25) is 0 Å². The third kappa shape index (κ3) is 3.25. The Labute approximate surface area is 163 Å². The van der Waals surface area contributed by atoms with E-state index in [4.69, 9.17) is 13.9 Å². The molecular formula is C24H20O4. The highest BCUT2D eigenvalue weighted by atomic mass is 16.5. The zero-order valence-electron chi connectivity index (χ0n) is 16.0. The first-order valence-corrected chi connectivity index (χ1v) is 8.96. The molecule has 0 amide bonds. The standard InChI is InChI=1S/C24H20O4/c1-15-12-24(25)28-23-14-22(17-6-10-19(27-3)11-7-17)21(13-20(15)23)16-4-8-18(26-2)9-5-16/h4-14H,1-3H3. The number of benzene rings is 3. The van der Waals surface area contributed by atoms with Gasteiger partial charge in [-0.25, -0.2) is 4.79 Å². The Morgan fingerprint density at radius 3 is 1.71 bits per heavy atom. The summed E-state index contributed by atoms with van der Waals surface area (Å²) in [5.41, 5.74) is 5.22. The molecule has 0 aliphatic carbocycles. The highest BCUT2D eigenvalue weighted by Gasteiger charge is 2.13. The zero-order valence-corrected chi connectivity index (χ0v) is 16.0. The van der Waals surface area contributed by atoms with Crippen LogP contribution in [-0.4, -0.2) is 14.2 Å². The van der Waals surface area contributed by atoms with Crippen LogP contribution in [0.4, 0.5) is 0 Å². The van der Waals surface area contributed by atoms with Gasteiger partial charge >= 0.3 is 5.63 Å². The molecular weight excluding hydrogens is 352 g/mol. The summed E-state index contributed by atoms with van der Waals surface area (Å²) in [5.74, 6) is 1.59. The molecule has 0 atom stereocenters. The normalized spacial score (nSPS) is 10.8. The Balaban J connectivity index is 1.99. The molecule has 4 aromatic rings. The summed E-state index contributed by atoms with van der Waals surface area (Å²) in [7, 11) is 3.30. The minimum Gasteiger partial charge on any atom is -0.497 e. The van der Waals surface area contributed by atoms with Crippen LogP contribution in [0.15, 0.2) is 75.9 Å². The average molecular weight is 372 g/mol. The first-order chi connectivity index (χ1) is 13.6. The van der Waals surface area contributed by atoms with Gasteiger partial charge in [0.15, 0.2) is 0 Å². The molecule has 0 bridgehead atoms. The molecule has 140 valence electrons. The Morgan fingerprint density at radius 2 is 1.21 bits per heavy atom. The van der Waals surface area contributed by atoms with Crippen LogP contribution in [-0.2, 0) is 0 Å². The van der Waals surface area contributed by atoms with E-state index in [1.54, 1.807) is 14.2 Å². The quantitative estimate of drug-likeness (QED) is 0.447. The van der Waals surface area contributed by atoms with Crippen molar-refractivity contribution in [2.24, 2.45) is 0 Å². The van der Waals surface area contributed by atoms with E-state index in [9.17, 15) is 4.79 Å². The SMILES string of the molecule is COc1ccc(-c2cc3oc(=O)cc(C)c3cc2-c2ccc(OC)cc2)cc1. The molecule has 0 saturated carbocycles. The summed E-state index contributed by atoms with van der Waals surface area (Å²) in [5, 5.41) is 0.919. The van der Waals surface area contributed by atoms with Gasteiger partial charge in [-0.1, -0.05) is 24.3 Å². The van der Waals surface area contributed by atoms with Crippen LogP contribution in [0.3, 0.4) is 0 Å². The fourth-order valence-electron chi connectivity index (χ4n) is 3.38. The second-order valence-corrected chi connectivity index (χ2v) is 6.60. The van der Waals surface area contributed by atoms with Crippen molar-refractivity contribution in [3.8, 4) is 33.8 Å². The topological polar surface area (TPSA) is 48.7 Å². The highest BCUT2D eigenvalue weighted by molar-refractivity contribution is 5.95.